The molecule has 1 aromatic carbocycles. The van der Waals surface area contributed by atoms with Gasteiger partial charge in [0.2, 0.25) is 0 Å². The van der Waals surface area contributed by atoms with Crippen molar-refractivity contribution in [2.75, 3.05) is 0 Å². The number of nitrogens with two attached hydrogens (primary N) is 1. The molecule has 2 heterocycles. The third-order valence-corrected chi connectivity index (χ3v) is 3.78. The summed E-state index contributed by atoms with van der Waals surface area (Å²) in [7, 11) is 0. The number of hydrogen-bond acceptors (Lipinski definition) is 4. The predicted molar refractivity (Wildman–Crippen MR) is 81.8 cm³/mol. The summed E-state index contributed by atoms with van der Waals surface area (Å²) < 4.78 is 0. The molecular weight excluding hydrogens is 268 g/mol. The van der Waals surface area contributed by atoms with Crippen LogP contribution in [0.2, 0.25) is 0 Å². The Bertz CT molecular complexity index is 670. The highest BCUT2D eigenvalue weighted by Gasteiger charge is 2.05. The van der Waals surface area contributed by atoms with Crippen LogP contribution in [0.1, 0.15) is 12.5 Å². The van der Waals surface area contributed by atoms with Crippen molar-refractivity contribution in [3.8, 4) is 0 Å². The van der Waals surface area contributed by atoms with E-state index in [0.717, 1.165) is 27.7 Å². The maximum atomic E-state index is 5.76. The van der Waals surface area contributed by atoms with Crippen LogP contribution in [0.3, 0.4) is 0 Å². The second-order valence-electron chi connectivity index (χ2n) is 4.88. The molecule has 0 spiro atoms. The molecule has 0 fully saturated rings. The summed E-state index contributed by atoms with van der Waals surface area (Å²) in [5, 5.41) is 2.99. The van der Waals surface area contributed by atoms with Gasteiger partial charge in [0, 0.05) is 29.3 Å². The van der Waals surface area contributed by atoms with Gasteiger partial charge in [-0.25, -0.2) is 9.97 Å². The highest BCUT2D eigenvalue weighted by Crippen LogP contribution is 2.27. The fourth-order valence-corrected chi connectivity index (χ4v) is 2.83. The summed E-state index contributed by atoms with van der Waals surface area (Å²) in [5.74, 6) is 0. The lowest BCUT2D eigenvalue weighted by molar-refractivity contribution is 0.727. The average molecular weight is 284 g/mol. The number of H-pyrrole nitrogens is 1. The third kappa shape index (κ3) is 3.00. The van der Waals surface area contributed by atoms with E-state index in [-0.39, 0.29) is 6.04 Å². The summed E-state index contributed by atoms with van der Waals surface area (Å²) >= 11 is 1.53. The maximum absolute atomic E-state index is 5.76. The minimum Gasteiger partial charge on any atom is -0.349 e. The number of aromatic nitrogens is 3. The van der Waals surface area contributed by atoms with Gasteiger partial charge < -0.3 is 10.7 Å². The highest BCUT2D eigenvalue weighted by atomic mass is 32.2. The van der Waals surface area contributed by atoms with Crippen molar-refractivity contribution in [2.45, 2.75) is 29.6 Å². The summed E-state index contributed by atoms with van der Waals surface area (Å²) in [6, 6.07) is 10.4. The number of hydrogen-bond donors (Lipinski definition) is 2. The summed E-state index contributed by atoms with van der Waals surface area (Å²) in [5.41, 5.74) is 7.96. The molecule has 20 heavy (non-hydrogen) atoms. The lowest BCUT2D eigenvalue weighted by Crippen LogP contribution is -2.17. The molecule has 0 aliphatic carbocycles. The fraction of sp³-hybridized carbons (Fsp3) is 0.200. The Morgan fingerprint density at radius 1 is 1.25 bits per heavy atom. The lowest BCUT2D eigenvalue weighted by Gasteiger charge is -2.04. The first-order chi connectivity index (χ1) is 9.70. The molecule has 0 saturated heterocycles. The number of nitrogens with zero attached hydrogens (tertiary/aromatic N) is 2. The molecule has 0 saturated carbocycles. The van der Waals surface area contributed by atoms with E-state index in [0.29, 0.717) is 0 Å². The van der Waals surface area contributed by atoms with Crippen molar-refractivity contribution < 1.29 is 0 Å². The second-order valence-corrected chi connectivity index (χ2v) is 5.89. The van der Waals surface area contributed by atoms with Gasteiger partial charge in [0.25, 0.3) is 0 Å². The first kappa shape index (κ1) is 13.1. The van der Waals surface area contributed by atoms with E-state index in [1.807, 2.05) is 31.5 Å². The molecule has 0 bridgehead atoms. The monoisotopic (exact) mass is 284 g/mol. The number of para-hydroxylation sites is 1. The Labute approximate surface area is 121 Å². The number of rotatable bonds is 4. The largest absolute Gasteiger partial charge is 0.349 e. The molecule has 0 aliphatic rings. The van der Waals surface area contributed by atoms with E-state index in [1.54, 1.807) is 0 Å². The molecule has 3 N–H and O–H groups in total. The van der Waals surface area contributed by atoms with Gasteiger partial charge in [-0.3, -0.25) is 0 Å². The minimum absolute atomic E-state index is 0.130. The van der Waals surface area contributed by atoms with Crippen LogP contribution in [0.15, 0.2) is 52.9 Å². The van der Waals surface area contributed by atoms with Gasteiger partial charge in [-0.15, -0.1) is 0 Å². The van der Waals surface area contributed by atoms with Crippen LogP contribution in [0, 0.1) is 0 Å². The topological polar surface area (TPSA) is 67.6 Å². The van der Waals surface area contributed by atoms with Crippen LogP contribution in [0.4, 0.5) is 0 Å². The lowest BCUT2D eigenvalue weighted by atomic mass is 10.1. The molecular formula is C15H16N4S. The molecule has 1 atom stereocenters. The first-order valence-electron chi connectivity index (χ1n) is 6.53. The van der Waals surface area contributed by atoms with Gasteiger partial charge in [0.1, 0.15) is 0 Å². The van der Waals surface area contributed by atoms with Gasteiger partial charge in [-0.05, 0) is 42.8 Å². The SMILES string of the molecule is CC(N)Cc1cnc(Sc2cc3ccccc3[nH]2)nc1. The molecule has 3 rings (SSSR count). The number of benzene rings is 1. The van der Waals surface area contributed by atoms with Crippen molar-refractivity contribution in [2.24, 2.45) is 5.73 Å². The third-order valence-electron chi connectivity index (χ3n) is 2.95. The maximum Gasteiger partial charge on any atom is 0.193 e. The molecule has 1 unspecified atom stereocenters. The van der Waals surface area contributed by atoms with Crippen LogP contribution in [-0.4, -0.2) is 21.0 Å². The molecule has 0 amide bonds. The average Bonchev–Trinajstić information content (AvgIpc) is 2.82. The van der Waals surface area contributed by atoms with Gasteiger partial charge in [-0.2, -0.15) is 0 Å². The van der Waals surface area contributed by atoms with E-state index >= 15 is 0 Å². The van der Waals surface area contributed by atoms with Crippen LogP contribution in [0.5, 0.6) is 0 Å². The Balaban J connectivity index is 1.76. The van der Waals surface area contributed by atoms with Crippen LogP contribution in [0.25, 0.3) is 10.9 Å². The summed E-state index contributed by atoms with van der Waals surface area (Å²) in [6.45, 7) is 1.98. The fourth-order valence-electron chi connectivity index (χ4n) is 2.07. The standard InChI is InChI=1S/C15H16N4S/c1-10(16)6-11-8-17-15(18-9-11)20-14-7-12-4-2-3-5-13(12)19-14/h2-5,7-10,19H,6,16H2,1H3. The van der Waals surface area contributed by atoms with E-state index in [1.165, 1.54) is 17.1 Å². The smallest absolute Gasteiger partial charge is 0.193 e. The van der Waals surface area contributed by atoms with Crippen molar-refractivity contribution in [1.29, 1.82) is 0 Å². The zero-order valence-corrected chi connectivity index (χ0v) is 12.0. The Kier molecular flexibility index (Phi) is 3.71. The van der Waals surface area contributed by atoms with E-state index in [9.17, 15) is 0 Å². The normalized spacial score (nSPS) is 12.7. The van der Waals surface area contributed by atoms with Gasteiger partial charge in [0.05, 0.1) is 5.03 Å². The summed E-state index contributed by atoms with van der Waals surface area (Å²) in [4.78, 5) is 12.1. The molecule has 3 aromatic rings. The number of nitrogens with one attached hydrogen (secondary N) is 1. The molecule has 0 radical (unpaired) electrons. The zero-order chi connectivity index (χ0) is 13.9. The molecule has 5 heteroatoms. The van der Waals surface area contributed by atoms with E-state index in [2.05, 4.69) is 33.2 Å². The van der Waals surface area contributed by atoms with Crippen molar-refractivity contribution in [3.63, 3.8) is 0 Å². The minimum atomic E-state index is 0.130. The van der Waals surface area contributed by atoms with Gasteiger partial charge in [0.15, 0.2) is 5.16 Å². The predicted octanol–water partition coefficient (Wildman–Crippen LogP) is 3.00. The van der Waals surface area contributed by atoms with Gasteiger partial charge in [-0.1, -0.05) is 18.2 Å². The Hall–Kier alpha value is -1.85. The van der Waals surface area contributed by atoms with Crippen LogP contribution < -0.4 is 5.73 Å². The quantitative estimate of drug-likeness (QED) is 0.723. The molecule has 2 aromatic heterocycles. The number of aromatic amines is 1. The molecule has 0 aliphatic heterocycles. The van der Waals surface area contributed by atoms with Gasteiger partial charge >= 0.3 is 0 Å². The molecule has 4 nitrogen and oxygen atoms in total. The van der Waals surface area contributed by atoms with E-state index < -0.39 is 0 Å². The van der Waals surface area contributed by atoms with Crippen molar-refractivity contribution in [1.82, 2.24) is 15.0 Å². The molecule has 102 valence electrons. The van der Waals surface area contributed by atoms with Crippen LogP contribution in [-0.2, 0) is 6.42 Å². The van der Waals surface area contributed by atoms with E-state index in [4.69, 9.17) is 5.73 Å². The highest BCUT2D eigenvalue weighted by molar-refractivity contribution is 7.99. The first-order valence-corrected chi connectivity index (χ1v) is 7.34. The second kappa shape index (κ2) is 5.64. The Morgan fingerprint density at radius 2 is 2.00 bits per heavy atom. The zero-order valence-electron chi connectivity index (χ0n) is 11.2. The number of fused-ring (bicyclic) bond motifs is 1. The summed E-state index contributed by atoms with van der Waals surface area (Å²) in [6.07, 6.45) is 4.50. The van der Waals surface area contributed by atoms with Crippen molar-refractivity contribution >= 4 is 22.7 Å². The van der Waals surface area contributed by atoms with Crippen LogP contribution >= 0.6 is 11.8 Å². The Morgan fingerprint density at radius 3 is 2.70 bits per heavy atom. The van der Waals surface area contributed by atoms with Crippen molar-refractivity contribution in [3.05, 3.63) is 48.3 Å².